The molecule has 0 aliphatic heterocycles. The van der Waals surface area contributed by atoms with Gasteiger partial charge in [-0.2, -0.15) is 28.0 Å². The number of nitriles is 1. The van der Waals surface area contributed by atoms with Crippen molar-refractivity contribution in [3.05, 3.63) is 126 Å². The van der Waals surface area contributed by atoms with E-state index >= 15 is 0 Å². The molecule has 0 fully saturated rings. The molecular formula is C32H36BNS. The molecule has 0 aliphatic rings. The minimum Gasteiger partial charge on any atom is -0.200 e. The molecular weight excluding hydrogens is 441 g/mol. The maximum Gasteiger partial charge on any atom is 0.132 e. The van der Waals surface area contributed by atoms with Crippen LogP contribution in [0, 0.1) is 11.3 Å². The summed E-state index contributed by atoms with van der Waals surface area (Å²) in [5.41, 5.74) is 6.39. The van der Waals surface area contributed by atoms with Crippen LogP contribution in [0.5, 0.6) is 0 Å². The van der Waals surface area contributed by atoms with Gasteiger partial charge in [-0.1, -0.05) is 123 Å². The van der Waals surface area contributed by atoms with Crippen LogP contribution in [0.3, 0.4) is 0 Å². The predicted octanol–water partition coefficient (Wildman–Crippen LogP) is 5.89. The van der Waals surface area contributed by atoms with Crippen LogP contribution in [-0.4, -0.2) is 18.7 Å². The highest BCUT2D eigenvalue weighted by Gasteiger charge is 2.28. The van der Waals surface area contributed by atoms with E-state index in [4.69, 9.17) is 5.26 Å². The summed E-state index contributed by atoms with van der Waals surface area (Å²) >= 11 is 0. The van der Waals surface area contributed by atoms with Gasteiger partial charge in [-0.25, -0.2) is 0 Å². The van der Waals surface area contributed by atoms with Gasteiger partial charge in [0.15, 0.2) is 0 Å². The van der Waals surface area contributed by atoms with Gasteiger partial charge in [-0.05, 0) is 23.0 Å². The molecule has 0 heterocycles. The van der Waals surface area contributed by atoms with E-state index in [1.807, 2.05) is 24.3 Å². The van der Waals surface area contributed by atoms with Crippen molar-refractivity contribution in [1.29, 1.82) is 5.26 Å². The molecule has 35 heavy (non-hydrogen) atoms. The first-order valence-corrected chi connectivity index (χ1v) is 14.7. The van der Waals surface area contributed by atoms with Crippen LogP contribution < -0.4 is 16.4 Å². The quantitative estimate of drug-likeness (QED) is 0.229. The molecule has 0 spiro atoms. The molecule has 4 aromatic carbocycles. The Morgan fingerprint density at radius 2 is 1.09 bits per heavy atom. The summed E-state index contributed by atoms with van der Waals surface area (Å²) in [6.07, 6.45) is 7.17. The molecule has 0 saturated heterocycles. The summed E-state index contributed by atoms with van der Waals surface area (Å²) in [6, 6.07) is 43.1. The first-order valence-electron chi connectivity index (χ1n) is 12.5. The zero-order chi connectivity index (χ0) is 24.9. The molecule has 0 aliphatic carbocycles. The van der Waals surface area contributed by atoms with Crippen molar-refractivity contribution in [1.82, 2.24) is 0 Å². The minimum absolute atomic E-state index is 0.442. The van der Waals surface area contributed by atoms with E-state index in [1.54, 1.807) is 0 Å². The molecule has 0 aromatic heterocycles. The minimum atomic E-state index is -0.913. The Morgan fingerprint density at radius 1 is 0.657 bits per heavy atom. The molecule has 178 valence electrons. The average molecular weight is 478 g/mol. The van der Waals surface area contributed by atoms with Crippen molar-refractivity contribution in [3.63, 3.8) is 0 Å². The molecule has 0 amide bonds. The number of hydrogen-bond acceptors (Lipinski definition) is 1. The average Bonchev–Trinajstić information content (AvgIpc) is 2.91. The molecule has 4 aromatic rings. The third-order valence-corrected chi connectivity index (χ3v) is 7.55. The van der Waals surface area contributed by atoms with Crippen LogP contribution in [0.4, 0.5) is 0 Å². The zero-order valence-electron chi connectivity index (χ0n) is 21.2. The number of nitrogens with zero attached hydrogens (tertiary/aromatic N) is 1. The molecule has 0 N–H and O–H groups in total. The molecule has 0 unspecified atom stereocenters. The molecule has 0 atom stereocenters. The molecule has 4 rings (SSSR count). The fraction of sp³-hybridized carbons (Fsp3) is 0.219. The van der Waals surface area contributed by atoms with Crippen LogP contribution in [0.25, 0.3) is 0 Å². The molecule has 1 nitrogen and oxygen atoms in total. The van der Waals surface area contributed by atoms with E-state index in [1.165, 1.54) is 41.1 Å². The summed E-state index contributed by atoms with van der Waals surface area (Å²) in [6.45, 7) is 2.28. The maximum atomic E-state index is 8.56. The molecule has 0 radical (unpaired) electrons. The van der Waals surface area contributed by atoms with E-state index in [0.29, 0.717) is 10.9 Å². The fourth-order valence-corrected chi connectivity index (χ4v) is 5.80. The van der Waals surface area contributed by atoms with E-state index < -0.39 is 6.15 Å². The lowest BCUT2D eigenvalue weighted by Crippen LogP contribution is -2.66. The number of unbranched alkanes of at least 4 members (excludes halogenated alkanes) is 1. The van der Waals surface area contributed by atoms with Crippen LogP contribution in [0.2, 0.25) is 6.32 Å². The third-order valence-electron chi connectivity index (χ3n) is 6.63. The zero-order valence-corrected chi connectivity index (χ0v) is 22.0. The maximum absolute atomic E-state index is 8.56. The van der Waals surface area contributed by atoms with Gasteiger partial charge < -0.3 is 0 Å². The van der Waals surface area contributed by atoms with Crippen LogP contribution >= 0.6 is 0 Å². The smallest absolute Gasteiger partial charge is 0.132 e. The summed E-state index contributed by atoms with van der Waals surface area (Å²) in [7, 11) is 0.442. The van der Waals surface area contributed by atoms with Crippen molar-refractivity contribution >= 4 is 33.4 Å². The number of benzene rings is 4. The van der Waals surface area contributed by atoms with Crippen LogP contribution in [-0.2, 0) is 16.6 Å². The van der Waals surface area contributed by atoms with Gasteiger partial charge in [0.25, 0.3) is 0 Å². The fourth-order valence-electron chi connectivity index (χ4n) is 4.94. The lowest BCUT2D eigenvalue weighted by atomic mass is 9.14. The van der Waals surface area contributed by atoms with E-state index in [0.717, 1.165) is 11.3 Å². The molecule has 0 bridgehead atoms. The topological polar surface area (TPSA) is 23.8 Å². The molecule has 3 heteroatoms. The van der Waals surface area contributed by atoms with Crippen LogP contribution in [0.15, 0.2) is 115 Å². The van der Waals surface area contributed by atoms with Crippen molar-refractivity contribution < 1.29 is 0 Å². The van der Waals surface area contributed by atoms with Crippen molar-refractivity contribution in [3.8, 4) is 6.07 Å². The van der Waals surface area contributed by atoms with Gasteiger partial charge in [-0.15, -0.1) is 0 Å². The summed E-state index contributed by atoms with van der Waals surface area (Å²) in [5, 5.41) is 8.56. The highest BCUT2D eigenvalue weighted by atomic mass is 32.2. The summed E-state index contributed by atoms with van der Waals surface area (Å²) < 4.78 is 0. The van der Waals surface area contributed by atoms with Crippen molar-refractivity contribution in [2.75, 3.05) is 12.5 Å². The van der Waals surface area contributed by atoms with Crippen molar-refractivity contribution in [2.24, 2.45) is 0 Å². The highest BCUT2D eigenvalue weighted by molar-refractivity contribution is 7.94. The highest BCUT2D eigenvalue weighted by Crippen LogP contribution is 2.16. The first kappa shape index (κ1) is 26.4. The van der Waals surface area contributed by atoms with E-state index in [-0.39, 0.29) is 0 Å². The normalized spacial score (nSPS) is 10.8. The van der Waals surface area contributed by atoms with Gasteiger partial charge in [0, 0.05) is 5.56 Å². The number of hydrogen-bond donors (Lipinski definition) is 0. The first-order chi connectivity index (χ1) is 17.1. The Kier molecular flexibility index (Phi) is 10.3. The van der Waals surface area contributed by atoms with E-state index in [2.05, 4.69) is 117 Å². The predicted molar refractivity (Wildman–Crippen MR) is 158 cm³/mol. The lowest BCUT2D eigenvalue weighted by molar-refractivity contribution is 0.874. The van der Waals surface area contributed by atoms with Gasteiger partial charge >= 0.3 is 0 Å². The van der Waals surface area contributed by atoms with Gasteiger partial charge in [-0.3, -0.25) is 0 Å². The Hall–Kier alpha value is -3.22. The Bertz CT molecular complexity index is 1070. The number of rotatable bonds is 8. The second-order valence-corrected chi connectivity index (χ2v) is 11.6. The lowest BCUT2D eigenvalue weighted by Gasteiger charge is -2.43. The van der Waals surface area contributed by atoms with Gasteiger partial charge in [0.05, 0.1) is 30.3 Å². The SMILES string of the molecule is CCCC[B-](c1ccccc1)(c1ccccc1)c1ccccc1.C[S+](C)Cc1ccc(C#N)cc1. The second-order valence-electron chi connectivity index (χ2n) is 9.36. The largest absolute Gasteiger partial charge is 0.200 e. The van der Waals surface area contributed by atoms with Crippen LogP contribution in [0.1, 0.15) is 30.9 Å². The Morgan fingerprint density at radius 3 is 1.43 bits per heavy atom. The Labute approximate surface area is 215 Å². The monoisotopic (exact) mass is 477 g/mol. The second kappa shape index (κ2) is 13.6. The Balaban J connectivity index is 0.000000241. The summed E-state index contributed by atoms with van der Waals surface area (Å²) in [4.78, 5) is 0. The van der Waals surface area contributed by atoms with Crippen molar-refractivity contribution in [2.45, 2.75) is 31.8 Å². The van der Waals surface area contributed by atoms with E-state index in [9.17, 15) is 0 Å². The molecule has 0 saturated carbocycles. The third kappa shape index (κ3) is 7.14. The van der Waals surface area contributed by atoms with Gasteiger partial charge in [0.1, 0.15) is 5.75 Å². The standard InChI is InChI=1S/C22H24B.C10H12NS/c1-2-3-19-23(20-13-7-4-8-14-20,21-15-9-5-10-16-21)22-17-11-6-12-18-22;1-12(2)8-10-5-3-9(7-11)4-6-10/h4-18H,2-3,19H2,1H3;3-6H,8H2,1-2H3/q-1;+1. The van der Waals surface area contributed by atoms with Gasteiger partial charge in [0.2, 0.25) is 0 Å². The summed E-state index contributed by atoms with van der Waals surface area (Å²) in [5.74, 6) is 1.12.